The molecule has 1 aromatic heterocycles. The van der Waals surface area contributed by atoms with Crippen molar-refractivity contribution in [2.45, 2.75) is 72.4 Å². The van der Waals surface area contributed by atoms with Crippen molar-refractivity contribution in [3.8, 4) is 11.1 Å². The molecule has 0 aliphatic heterocycles. The Kier molecular flexibility index (Phi) is 10.1. The van der Waals surface area contributed by atoms with E-state index < -0.39 is 24.0 Å². The van der Waals surface area contributed by atoms with Crippen molar-refractivity contribution < 1.29 is 17.9 Å². The van der Waals surface area contributed by atoms with E-state index in [2.05, 4.69) is 60.1 Å². The topological polar surface area (TPSA) is 77.4 Å². The summed E-state index contributed by atoms with van der Waals surface area (Å²) in [5.41, 5.74) is 4.97. The Labute approximate surface area is 229 Å². The molecule has 206 valence electrons. The van der Waals surface area contributed by atoms with E-state index in [1.54, 1.807) is 6.08 Å². The van der Waals surface area contributed by atoms with E-state index >= 15 is 0 Å². The zero-order valence-corrected chi connectivity index (χ0v) is 25.5. The molecule has 38 heavy (non-hydrogen) atoms. The van der Waals surface area contributed by atoms with Gasteiger partial charge in [-0.25, -0.2) is 13.1 Å². The number of nitrogens with zero attached hydrogens (tertiary/aromatic N) is 1. The number of sulfonamides is 1. The summed E-state index contributed by atoms with van der Waals surface area (Å²) in [5.74, 6) is -0.688. The van der Waals surface area contributed by atoms with Crippen LogP contribution in [-0.4, -0.2) is 39.3 Å². The first kappa shape index (κ1) is 29.9. The van der Waals surface area contributed by atoms with Crippen molar-refractivity contribution in [1.82, 2.24) is 9.29 Å². The standard InChI is InChI=1S/C30H42N2O4SSi/c1-7-8-11-20-37(34,35)31-29(33)18-17-26-23(2)32(22-36-19-21-38(4,5)6)24(3)30(26)28-16-12-14-25-13-9-10-15-27(25)28/h9-10,12-18H,7-8,11,19-22H2,1-6H3,(H,31,33). The molecule has 0 saturated heterocycles. The number of hydrogen-bond acceptors (Lipinski definition) is 4. The highest BCUT2D eigenvalue weighted by Gasteiger charge is 2.20. The van der Waals surface area contributed by atoms with Gasteiger partial charge >= 0.3 is 0 Å². The Balaban J connectivity index is 1.98. The van der Waals surface area contributed by atoms with Gasteiger partial charge in [-0.05, 0) is 48.7 Å². The number of ether oxygens (including phenoxy) is 1. The molecule has 0 unspecified atom stereocenters. The molecule has 8 heteroatoms. The highest BCUT2D eigenvalue weighted by atomic mass is 32.2. The summed E-state index contributed by atoms with van der Waals surface area (Å²) in [4.78, 5) is 12.6. The molecule has 0 fully saturated rings. The normalized spacial score (nSPS) is 12.5. The van der Waals surface area contributed by atoms with Crippen LogP contribution in [0, 0.1) is 13.8 Å². The fourth-order valence-electron chi connectivity index (χ4n) is 4.56. The average Bonchev–Trinajstić information content (AvgIpc) is 3.08. The number of unbranched alkanes of at least 4 members (excludes halogenated alkanes) is 2. The van der Waals surface area contributed by atoms with Gasteiger partial charge < -0.3 is 9.30 Å². The lowest BCUT2D eigenvalue weighted by Gasteiger charge is -2.16. The summed E-state index contributed by atoms with van der Waals surface area (Å²) in [6, 6.07) is 15.5. The second-order valence-corrected chi connectivity index (χ2v) is 18.6. The number of carbonyl (C=O) groups is 1. The number of carbonyl (C=O) groups excluding carboxylic acids is 1. The molecule has 1 amide bonds. The van der Waals surface area contributed by atoms with Crippen LogP contribution in [0.2, 0.25) is 25.7 Å². The van der Waals surface area contributed by atoms with Crippen LogP contribution in [0.25, 0.3) is 28.0 Å². The van der Waals surface area contributed by atoms with E-state index in [-0.39, 0.29) is 5.75 Å². The van der Waals surface area contributed by atoms with Crippen LogP contribution in [0.15, 0.2) is 48.5 Å². The molecular weight excluding hydrogens is 512 g/mol. The lowest BCUT2D eigenvalue weighted by molar-refractivity contribution is -0.114. The van der Waals surface area contributed by atoms with Gasteiger partial charge in [0, 0.05) is 43.3 Å². The van der Waals surface area contributed by atoms with E-state index in [0.29, 0.717) is 19.8 Å². The summed E-state index contributed by atoms with van der Waals surface area (Å²) in [6.07, 6.45) is 5.31. The Bertz CT molecular complexity index is 1400. The van der Waals surface area contributed by atoms with Crippen LogP contribution < -0.4 is 4.72 Å². The molecule has 6 nitrogen and oxygen atoms in total. The number of aromatic nitrogens is 1. The van der Waals surface area contributed by atoms with Crippen LogP contribution >= 0.6 is 0 Å². The number of benzene rings is 2. The van der Waals surface area contributed by atoms with Gasteiger partial charge in [0.2, 0.25) is 10.0 Å². The van der Waals surface area contributed by atoms with E-state index in [4.69, 9.17) is 4.74 Å². The predicted octanol–water partition coefficient (Wildman–Crippen LogP) is 6.89. The average molecular weight is 555 g/mol. The minimum atomic E-state index is -3.66. The maximum absolute atomic E-state index is 12.6. The molecule has 2 aromatic carbocycles. The molecule has 0 atom stereocenters. The largest absolute Gasteiger partial charge is 0.361 e. The molecule has 0 radical (unpaired) electrons. The molecule has 0 saturated carbocycles. The van der Waals surface area contributed by atoms with E-state index in [9.17, 15) is 13.2 Å². The van der Waals surface area contributed by atoms with Gasteiger partial charge in [-0.2, -0.15) is 0 Å². The Morgan fingerprint density at radius 1 is 1.03 bits per heavy atom. The van der Waals surface area contributed by atoms with E-state index in [0.717, 1.165) is 57.7 Å². The zero-order chi connectivity index (χ0) is 27.9. The Hall–Kier alpha value is -2.68. The molecular formula is C30H42N2O4SSi. The second kappa shape index (κ2) is 12.9. The van der Waals surface area contributed by atoms with Gasteiger partial charge in [-0.3, -0.25) is 4.79 Å². The fraction of sp³-hybridized carbons (Fsp3) is 0.433. The van der Waals surface area contributed by atoms with Gasteiger partial charge in [-0.15, -0.1) is 0 Å². The monoisotopic (exact) mass is 554 g/mol. The van der Waals surface area contributed by atoms with Crippen molar-refractivity contribution >= 4 is 40.9 Å². The molecule has 1 N–H and O–H groups in total. The summed E-state index contributed by atoms with van der Waals surface area (Å²) < 4.78 is 35.1. The predicted molar refractivity (Wildman–Crippen MR) is 161 cm³/mol. The van der Waals surface area contributed by atoms with Gasteiger partial charge in [0.05, 0.1) is 5.75 Å². The van der Waals surface area contributed by atoms with Crippen LogP contribution in [0.1, 0.15) is 43.1 Å². The SMILES string of the molecule is CCCCCS(=O)(=O)NC(=O)C=Cc1c(-c2cccc3ccccc23)c(C)n(COCC[Si](C)(C)C)c1C. The summed E-state index contributed by atoms with van der Waals surface area (Å²) in [6.45, 7) is 14.2. The van der Waals surface area contributed by atoms with Gasteiger partial charge in [-0.1, -0.05) is 81.9 Å². The maximum atomic E-state index is 12.6. The first-order valence-corrected chi connectivity index (χ1v) is 18.8. The fourth-order valence-corrected chi connectivity index (χ4v) is 6.38. The summed E-state index contributed by atoms with van der Waals surface area (Å²) in [7, 11) is -4.87. The molecule has 1 heterocycles. The number of hydrogen-bond donors (Lipinski definition) is 1. The molecule has 0 spiro atoms. The van der Waals surface area contributed by atoms with Crippen LogP contribution in [0.4, 0.5) is 0 Å². The van der Waals surface area contributed by atoms with Gasteiger partial charge in [0.25, 0.3) is 5.91 Å². The number of amides is 1. The molecule has 0 bridgehead atoms. The smallest absolute Gasteiger partial charge is 0.257 e. The molecule has 0 aliphatic carbocycles. The summed E-state index contributed by atoms with van der Waals surface area (Å²) >= 11 is 0. The van der Waals surface area contributed by atoms with Crippen molar-refractivity contribution in [2.24, 2.45) is 0 Å². The minimum Gasteiger partial charge on any atom is -0.361 e. The third-order valence-electron chi connectivity index (χ3n) is 6.78. The third kappa shape index (κ3) is 7.91. The molecule has 0 aliphatic rings. The third-order valence-corrected chi connectivity index (χ3v) is 9.82. The highest BCUT2D eigenvalue weighted by Crippen LogP contribution is 2.37. The Morgan fingerprint density at radius 2 is 1.74 bits per heavy atom. The van der Waals surface area contributed by atoms with Crippen LogP contribution in [0.3, 0.4) is 0 Å². The Morgan fingerprint density at radius 3 is 2.45 bits per heavy atom. The highest BCUT2D eigenvalue weighted by molar-refractivity contribution is 7.90. The quantitative estimate of drug-likeness (QED) is 0.142. The summed E-state index contributed by atoms with van der Waals surface area (Å²) in [5, 5.41) is 2.25. The zero-order valence-electron chi connectivity index (χ0n) is 23.6. The van der Waals surface area contributed by atoms with Crippen molar-refractivity contribution in [3.63, 3.8) is 0 Å². The van der Waals surface area contributed by atoms with E-state index in [1.165, 1.54) is 6.08 Å². The first-order chi connectivity index (χ1) is 17.9. The van der Waals surface area contributed by atoms with Gasteiger partial charge in [0.1, 0.15) is 6.73 Å². The van der Waals surface area contributed by atoms with Crippen molar-refractivity contribution in [1.29, 1.82) is 0 Å². The lowest BCUT2D eigenvalue weighted by atomic mass is 9.95. The van der Waals surface area contributed by atoms with Crippen LogP contribution in [-0.2, 0) is 26.3 Å². The maximum Gasteiger partial charge on any atom is 0.257 e. The first-order valence-electron chi connectivity index (χ1n) is 13.4. The molecule has 3 rings (SSSR count). The molecule has 3 aromatic rings. The number of rotatable bonds is 13. The lowest BCUT2D eigenvalue weighted by Crippen LogP contribution is -2.31. The van der Waals surface area contributed by atoms with Gasteiger partial charge in [0.15, 0.2) is 0 Å². The van der Waals surface area contributed by atoms with Crippen LogP contribution in [0.5, 0.6) is 0 Å². The van der Waals surface area contributed by atoms with Crippen molar-refractivity contribution in [3.05, 3.63) is 65.5 Å². The second-order valence-electron chi connectivity index (χ2n) is 11.1. The number of fused-ring (bicyclic) bond motifs is 1. The number of nitrogens with one attached hydrogen (secondary N) is 1. The minimum absolute atomic E-state index is 0.0506. The van der Waals surface area contributed by atoms with Crippen molar-refractivity contribution in [2.75, 3.05) is 12.4 Å². The van der Waals surface area contributed by atoms with E-state index in [1.807, 2.05) is 32.0 Å².